The maximum atomic E-state index is 12.8. The molecule has 0 atom stereocenters. The van der Waals surface area contributed by atoms with Crippen LogP contribution in [0.15, 0.2) is 77.6 Å². The van der Waals surface area contributed by atoms with Gasteiger partial charge in [-0.25, -0.2) is 0 Å². The minimum absolute atomic E-state index is 0.0392. The third-order valence-corrected chi connectivity index (χ3v) is 4.23. The Hall–Kier alpha value is -3.40. The second-order valence-corrected chi connectivity index (χ2v) is 5.93. The highest BCUT2D eigenvalue weighted by atomic mass is 16.1. The molecular formula is C21H16N2O2. The Labute approximate surface area is 144 Å². The number of amides is 1. The lowest BCUT2D eigenvalue weighted by molar-refractivity contribution is -0.114. The summed E-state index contributed by atoms with van der Waals surface area (Å²) in [6.07, 6.45) is 0. The van der Waals surface area contributed by atoms with Gasteiger partial charge in [0.15, 0.2) is 5.43 Å². The molecule has 0 aliphatic heterocycles. The Balaban J connectivity index is 2.04. The van der Waals surface area contributed by atoms with E-state index < -0.39 is 0 Å². The number of rotatable bonds is 2. The van der Waals surface area contributed by atoms with Crippen LogP contribution in [-0.2, 0) is 4.79 Å². The molecule has 4 nitrogen and oxygen atoms in total. The summed E-state index contributed by atoms with van der Waals surface area (Å²) in [5.41, 5.74) is 3.43. The third kappa shape index (κ3) is 2.58. The van der Waals surface area contributed by atoms with Crippen LogP contribution in [-0.4, -0.2) is 10.5 Å². The van der Waals surface area contributed by atoms with Crippen LogP contribution in [0.1, 0.15) is 6.92 Å². The minimum atomic E-state index is -0.105. The zero-order chi connectivity index (χ0) is 17.4. The van der Waals surface area contributed by atoms with Crippen molar-refractivity contribution < 1.29 is 4.79 Å². The maximum absolute atomic E-state index is 12.8. The molecule has 4 heteroatoms. The van der Waals surface area contributed by atoms with Crippen LogP contribution in [0.4, 0.5) is 5.69 Å². The van der Waals surface area contributed by atoms with Crippen molar-refractivity contribution in [2.45, 2.75) is 6.92 Å². The number of fused-ring (bicyclic) bond motifs is 2. The van der Waals surface area contributed by atoms with Gasteiger partial charge in [-0.05, 0) is 48.5 Å². The third-order valence-electron chi connectivity index (χ3n) is 4.23. The van der Waals surface area contributed by atoms with E-state index in [1.165, 1.54) is 6.92 Å². The van der Waals surface area contributed by atoms with Gasteiger partial charge in [-0.1, -0.05) is 24.3 Å². The van der Waals surface area contributed by atoms with Crippen molar-refractivity contribution >= 4 is 33.4 Å². The second kappa shape index (κ2) is 5.91. The predicted molar refractivity (Wildman–Crippen MR) is 101 cm³/mol. The Morgan fingerprint density at radius 3 is 1.84 bits per heavy atom. The standard InChI is InChI=1S/C21H16N2O2/c1-14(24)22-15-10-12-16(13-11-15)23-19-8-4-2-6-17(19)21(25)18-7-3-5-9-20(18)23/h2-13H,1H3,(H,22,24). The number of hydrogen-bond donors (Lipinski definition) is 1. The molecule has 0 spiro atoms. The lowest BCUT2D eigenvalue weighted by Gasteiger charge is -2.15. The van der Waals surface area contributed by atoms with Crippen LogP contribution in [0.25, 0.3) is 27.5 Å². The molecule has 0 fully saturated rings. The van der Waals surface area contributed by atoms with Crippen molar-refractivity contribution in [2.24, 2.45) is 0 Å². The highest BCUT2D eigenvalue weighted by Gasteiger charge is 2.11. The molecule has 1 aromatic heterocycles. The van der Waals surface area contributed by atoms with Crippen molar-refractivity contribution in [3.63, 3.8) is 0 Å². The number of nitrogens with zero attached hydrogens (tertiary/aromatic N) is 1. The largest absolute Gasteiger partial charge is 0.326 e. The van der Waals surface area contributed by atoms with Crippen molar-refractivity contribution in [1.82, 2.24) is 4.57 Å². The van der Waals surface area contributed by atoms with Gasteiger partial charge in [0.1, 0.15) is 0 Å². The van der Waals surface area contributed by atoms with Crippen LogP contribution < -0.4 is 10.7 Å². The normalized spacial score (nSPS) is 10.9. The summed E-state index contributed by atoms with van der Waals surface area (Å²) in [6.45, 7) is 1.48. The number of nitrogens with one attached hydrogen (secondary N) is 1. The van der Waals surface area contributed by atoms with Gasteiger partial charge in [0.05, 0.1) is 11.0 Å². The minimum Gasteiger partial charge on any atom is -0.326 e. The average Bonchev–Trinajstić information content (AvgIpc) is 2.63. The van der Waals surface area contributed by atoms with Crippen molar-refractivity contribution in [3.8, 4) is 5.69 Å². The summed E-state index contributed by atoms with van der Waals surface area (Å²) in [6, 6.07) is 22.8. The van der Waals surface area contributed by atoms with E-state index in [1.807, 2.05) is 72.8 Å². The summed E-state index contributed by atoms with van der Waals surface area (Å²) >= 11 is 0. The Morgan fingerprint density at radius 2 is 1.32 bits per heavy atom. The van der Waals surface area contributed by atoms with E-state index in [0.29, 0.717) is 10.8 Å². The van der Waals surface area contributed by atoms with E-state index in [4.69, 9.17) is 0 Å². The maximum Gasteiger partial charge on any atom is 0.221 e. The topological polar surface area (TPSA) is 51.1 Å². The molecule has 1 N–H and O–H groups in total. The Kier molecular flexibility index (Phi) is 3.58. The summed E-state index contributed by atoms with van der Waals surface area (Å²) in [5.74, 6) is -0.105. The molecule has 0 aliphatic carbocycles. The molecule has 0 saturated heterocycles. The van der Waals surface area contributed by atoms with E-state index in [1.54, 1.807) is 0 Å². The zero-order valence-corrected chi connectivity index (χ0v) is 13.7. The number of carbonyl (C=O) groups excluding carboxylic acids is 1. The number of carbonyl (C=O) groups is 1. The summed E-state index contributed by atoms with van der Waals surface area (Å²) in [7, 11) is 0. The smallest absolute Gasteiger partial charge is 0.221 e. The molecular weight excluding hydrogens is 312 g/mol. The molecule has 122 valence electrons. The molecule has 1 amide bonds. The van der Waals surface area contributed by atoms with Crippen LogP contribution >= 0.6 is 0 Å². The zero-order valence-electron chi connectivity index (χ0n) is 13.7. The molecule has 4 aromatic rings. The van der Waals surface area contributed by atoms with Gasteiger partial charge < -0.3 is 9.88 Å². The van der Waals surface area contributed by atoms with Gasteiger partial charge in [-0.15, -0.1) is 0 Å². The van der Waals surface area contributed by atoms with Crippen molar-refractivity contribution in [3.05, 3.63) is 83.0 Å². The SMILES string of the molecule is CC(=O)Nc1ccc(-n2c3ccccc3c(=O)c3ccccc32)cc1. The fraction of sp³-hybridized carbons (Fsp3) is 0.0476. The molecule has 0 aliphatic rings. The number of pyridine rings is 1. The number of para-hydroxylation sites is 2. The van der Waals surface area contributed by atoms with E-state index in [2.05, 4.69) is 9.88 Å². The van der Waals surface area contributed by atoms with Crippen LogP contribution in [0.5, 0.6) is 0 Å². The number of aromatic nitrogens is 1. The molecule has 0 unspecified atom stereocenters. The monoisotopic (exact) mass is 328 g/mol. The summed E-state index contributed by atoms with van der Waals surface area (Å²) in [5, 5.41) is 4.14. The fourth-order valence-electron chi connectivity index (χ4n) is 3.17. The van der Waals surface area contributed by atoms with Crippen LogP contribution in [0, 0.1) is 0 Å². The molecule has 4 rings (SSSR count). The van der Waals surface area contributed by atoms with Gasteiger partial charge in [-0.3, -0.25) is 9.59 Å². The number of benzene rings is 3. The van der Waals surface area contributed by atoms with E-state index in [9.17, 15) is 9.59 Å². The van der Waals surface area contributed by atoms with Crippen molar-refractivity contribution in [1.29, 1.82) is 0 Å². The van der Waals surface area contributed by atoms with Crippen LogP contribution in [0.3, 0.4) is 0 Å². The van der Waals surface area contributed by atoms with E-state index in [0.717, 1.165) is 22.4 Å². The summed E-state index contributed by atoms with van der Waals surface area (Å²) < 4.78 is 2.07. The molecule has 1 heterocycles. The van der Waals surface area contributed by atoms with Gasteiger partial charge in [0, 0.05) is 29.1 Å². The first kappa shape index (κ1) is 15.1. The first-order valence-corrected chi connectivity index (χ1v) is 8.06. The van der Waals surface area contributed by atoms with E-state index in [-0.39, 0.29) is 11.3 Å². The Morgan fingerprint density at radius 1 is 0.800 bits per heavy atom. The molecule has 0 saturated carbocycles. The van der Waals surface area contributed by atoms with Gasteiger partial charge in [0.2, 0.25) is 5.91 Å². The van der Waals surface area contributed by atoms with Crippen LogP contribution in [0.2, 0.25) is 0 Å². The molecule has 3 aromatic carbocycles. The highest BCUT2D eigenvalue weighted by Crippen LogP contribution is 2.24. The first-order chi connectivity index (χ1) is 12.1. The fourth-order valence-corrected chi connectivity index (χ4v) is 3.17. The predicted octanol–water partition coefficient (Wildman–Crippen LogP) is 4.10. The van der Waals surface area contributed by atoms with Crippen molar-refractivity contribution in [2.75, 3.05) is 5.32 Å². The number of hydrogen-bond acceptors (Lipinski definition) is 2. The second-order valence-electron chi connectivity index (χ2n) is 5.93. The molecule has 0 bridgehead atoms. The average molecular weight is 328 g/mol. The molecule has 25 heavy (non-hydrogen) atoms. The quantitative estimate of drug-likeness (QED) is 0.563. The summed E-state index contributed by atoms with van der Waals surface area (Å²) in [4.78, 5) is 24.0. The van der Waals surface area contributed by atoms with Gasteiger partial charge >= 0.3 is 0 Å². The first-order valence-electron chi connectivity index (χ1n) is 8.06. The van der Waals surface area contributed by atoms with Gasteiger partial charge in [0.25, 0.3) is 0 Å². The van der Waals surface area contributed by atoms with E-state index >= 15 is 0 Å². The lowest BCUT2D eigenvalue weighted by Crippen LogP contribution is -2.10. The number of anilines is 1. The Bertz CT molecular complexity index is 1100. The highest BCUT2D eigenvalue weighted by molar-refractivity contribution is 5.95. The lowest BCUT2D eigenvalue weighted by atomic mass is 10.1. The molecule has 0 radical (unpaired) electrons. The van der Waals surface area contributed by atoms with Gasteiger partial charge in [-0.2, -0.15) is 0 Å².